The minimum atomic E-state index is -3.41. The fraction of sp³-hybridized carbons (Fsp3) is 0.536. The third kappa shape index (κ3) is 5.51. The molecule has 8 nitrogen and oxygen atoms in total. The molecule has 2 aromatic heterocycles. The normalized spacial score (nSPS) is 16.2. The number of halogens is 2. The number of nitrogens with one attached hydrogen (secondary N) is 1. The first kappa shape index (κ1) is 27.9. The molecule has 1 aromatic carbocycles. The fourth-order valence-electron chi connectivity index (χ4n) is 4.75. The van der Waals surface area contributed by atoms with Crippen LogP contribution >= 0.6 is 0 Å². The summed E-state index contributed by atoms with van der Waals surface area (Å²) in [5, 5.41) is 14.1. The quantitative estimate of drug-likeness (QED) is 0.427. The number of aromatic nitrogens is 3. The molecule has 0 radical (unpaired) electrons. The molecule has 1 aliphatic rings. The number of piperazine rings is 1. The average molecular weight is 529 g/mol. The molecule has 0 unspecified atom stereocenters. The highest BCUT2D eigenvalue weighted by molar-refractivity contribution is 5.90. The summed E-state index contributed by atoms with van der Waals surface area (Å²) in [5.41, 5.74) is -0.421. The molecule has 2 N–H and O–H groups in total. The number of hydrogen-bond acceptors (Lipinski definition) is 8. The van der Waals surface area contributed by atoms with Crippen LogP contribution in [0.4, 0.5) is 20.3 Å². The maximum atomic E-state index is 14.8. The van der Waals surface area contributed by atoms with E-state index in [4.69, 9.17) is 9.72 Å². The molecule has 0 aliphatic carbocycles. The van der Waals surface area contributed by atoms with Crippen molar-refractivity contribution in [1.82, 2.24) is 19.9 Å². The second-order valence-electron chi connectivity index (χ2n) is 10.7. The van der Waals surface area contributed by atoms with E-state index in [1.807, 2.05) is 13.0 Å². The van der Waals surface area contributed by atoms with E-state index in [2.05, 4.69) is 38.9 Å². The summed E-state index contributed by atoms with van der Waals surface area (Å²) in [6, 6.07) is 8.24. The van der Waals surface area contributed by atoms with Crippen molar-refractivity contribution in [3.05, 3.63) is 47.3 Å². The first-order valence-corrected chi connectivity index (χ1v) is 13.0. The van der Waals surface area contributed by atoms with Crippen LogP contribution in [0.2, 0.25) is 0 Å². The van der Waals surface area contributed by atoms with Crippen molar-refractivity contribution < 1.29 is 18.6 Å². The lowest BCUT2D eigenvalue weighted by Gasteiger charge is -2.38. The Labute approximate surface area is 223 Å². The standard InChI is InChI=1S/C28H38F2N6O2/c1-17(2)35-11-13-36(14-12-35)23-16-22-24(32-19(4)33-25(22)34-26(23)38-7)31-18(3)20-9-8-10-21(15-20)28(29,30)27(5,6)37/h8-10,15-18,37H,11-14H2,1-7H3,(H,31,32,33,34)/t18-/m1/s1. The van der Waals surface area contributed by atoms with Crippen molar-refractivity contribution in [2.75, 3.05) is 43.5 Å². The van der Waals surface area contributed by atoms with Gasteiger partial charge in [0.2, 0.25) is 5.88 Å². The van der Waals surface area contributed by atoms with Gasteiger partial charge in [-0.15, -0.1) is 0 Å². The second kappa shape index (κ2) is 10.6. The summed E-state index contributed by atoms with van der Waals surface area (Å²) in [4.78, 5) is 18.6. The van der Waals surface area contributed by atoms with Crippen LogP contribution in [0, 0.1) is 6.92 Å². The number of ether oxygens (including phenoxy) is 1. The number of hydrogen-bond donors (Lipinski definition) is 2. The SMILES string of the molecule is COc1nc2nc(C)nc(N[C@H](C)c3cccc(C(F)(F)C(C)(C)O)c3)c2cc1N1CCN(C(C)C)CC1. The third-order valence-corrected chi connectivity index (χ3v) is 7.19. The summed E-state index contributed by atoms with van der Waals surface area (Å²) < 4.78 is 35.3. The van der Waals surface area contributed by atoms with Crippen molar-refractivity contribution in [3.8, 4) is 5.88 Å². The maximum absolute atomic E-state index is 14.8. The minimum Gasteiger partial charge on any atom is -0.479 e. The maximum Gasteiger partial charge on any atom is 0.300 e. The summed E-state index contributed by atoms with van der Waals surface area (Å²) in [6.45, 7) is 13.9. The molecule has 0 saturated carbocycles. The Hall–Kier alpha value is -3.11. The zero-order valence-electron chi connectivity index (χ0n) is 23.2. The van der Waals surface area contributed by atoms with Crippen LogP contribution in [0.25, 0.3) is 11.0 Å². The predicted molar refractivity (Wildman–Crippen MR) is 146 cm³/mol. The Morgan fingerprint density at radius 1 is 1.03 bits per heavy atom. The monoisotopic (exact) mass is 528 g/mol. The van der Waals surface area contributed by atoms with Crippen molar-refractivity contribution in [1.29, 1.82) is 0 Å². The van der Waals surface area contributed by atoms with Crippen LogP contribution < -0.4 is 15.0 Å². The summed E-state index contributed by atoms with van der Waals surface area (Å²) >= 11 is 0. The number of aryl methyl sites for hydroxylation is 1. The highest BCUT2D eigenvalue weighted by atomic mass is 19.3. The van der Waals surface area contributed by atoms with E-state index in [0.29, 0.717) is 34.8 Å². The second-order valence-corrected chi connectivity index (χ2v) is 10.7. The molecular weight excluding hydrogens is 490 g/mol. The van der Waals surface area contributed by atoms with Gasteiger partial charge in [-0.2, -0.15) is 13.8 Å². The van der Waals surface area contributed by atoms with Gasteiger partial charge in [0.05, 0.1) is 12.5 Å². The van der Waals surface area contributed by atoms with Crippen LogP contribution in [0.5, 0.6) is 5.88 Å². The Kier molecular flexibility index (Phi) is 7.76. The first-order valence-electron chi connectivity index (χ1n) is 13.0. The molecule has 0 spiro atoms. The molecule has 0 bridgehead atoms. The number of rotatable bonds is 8. The molecule has 1 saturated heterocycles. The van der Waals surface area contributed by atoms with Crippen molar-refractivity contribution >= 4 is 22.5 Å². The van der Waals surface area contributed by atoms with Gasteiger partial charge in [-0.05, 0) is 59.2 Å². The topological polar surface area (TPSA) is 86.6 Å². The summed E-state index contributed by atoms with van der Waals surface area (Å²) in [5.74, 6) is -1.80. The molecule has 10 heteroatoms. The largest absolute Gasteiger partial charge is 0.479 e. The number of alkyl halides is 2. The highest BCUT2D eigenvalue weighted by Crippen LogP contribution is 2.40. The molecule has 206 valence electrons. The average Bonchev–Trinajstić information content (AvgIpc) is 2.87. The molecule has 1 atom stereocenters. The van der Waals surface area contributed by atoms with Crippen LogP contribution in [0.15, 0.2) is 30.3 Å². The number of methoxy groups -OCH3 is 1. The molecule has 1 fully saturated rings. The summed E-state index contributed by atoms with van der Waals surface area (Å²) in [7, 11) is 1.60. The van der Waals surface area contributed by atoms with E-state index < -0.39 is 11.5 Å². The minimum absolute atomic E-state index is 0.242. The number of benzene rings is 1. The molecule has 38 heavy (non-hydrogen) atoms. The number of anilines is 2. The van der Waals surface area contributed by atoms with Gasteiger partial charge in [0, 0.05) is 43.8 Å². The Bertz CT molecular complexity index is 1290. The van der Waals surface area contributed by atoms with E-state index in [1.54, 1.807) is 26.2 Å². The van der Waals surface area contributed by atoms with E-state index in [1.165, 1.54) is 12.1 Å². The van der Waals surface area contributed by atoms with E-state index in [9.17, 15) is 13.9 Å². The lowest BCUT2D eigenvalue weighted by Crippen LogP contribution is -2.49. The Morgan fingerprint density at radius 2 is 1.71 bits per heavy atom. The van der Waals surface area contributed by atoms with E-state index in [0.717, 1.165) is 51.1 Å². The van der Waals surface area contributed by atoms with Crippen molar-refractivity contribution in [2.45, 2.75) is 65.1 Å². The number of aliphatic hydroxyl groups is 1. The third-order valence-electron chi connectivity index (χ3n) is 7.19. The van der Waals surface area contributed by atoms with Crippen molar-refractivity contribution in [3.63, 3.8) is 0 Å². The molecule has 3 heterocycles. The van der Waals surface area contributed by atoms with Gasteiger partial charge in [-0.25, -0.2) is 9.97 Å². The lowest BCUT2D eigenvalue weighted by atomic mass is 9.91. The number of fused-ring (bicyclic) bond motifs is 1. The van der Waals surface area contributed by atoms with E-state index in [-0.39, 0.29) is 11.6 Å². The predicted octanol–water partition coefficient (Wildman–Crippen LogP) is 4.91. The molecular formula is C28H38F2N6O2. The highest BCUT2D eigenvalue weighted by Gasteiger charge is 2.47. The smallest absolute Gasteiger partial charge is 0.300 e. The lowest BCUT2D eigenvalue weighted by molar-refractivity contribution is -0.168. The van der Waals surface area contributed by atoms with Gasteiger partial charge in [0.25, 0.3) is 0 Å². The first-order chi connectivity index (χ1) is 17.8. The van der Waals surface area contributed by atoms with Crippen LogP contribution in [0.1, 0.15) is 57.6 Å². The van der Waals surface area contributed by atoms with Gasteiger partial charge in [-0.3, -0.25) is 4.90 Å². The van der Waals surface area contributed by atoms with Crippen LogP contribution in [-0.2, 0) is 5.92 Å². The van der Waals surface area contributed by atoms with Gasteiger partial charge < -0.3 is 20.1 Å². The zero-order chi connectivity index (χ0) is 27.8. The zero-order valence-corrected chi connectivity index (χ0v) is 23.2. The van der Waals surface area contributed by atoms with Gasteiger partial charge >= 0.3 is 5.92 Å². The molecule has 1 aliphatic heterocycles. The van der Waals surface area contributed by atoms with Gasteiger partial charge in [0.15, 0.2) is 5.65 Å². The Balaban J connectivity index is 1.68. The number of pyridine rings is 1. The Morgan fingerprint density at radius 3 is 2.32 bits per heavy atom. The molecule has 0 amide bonds. The fourth-order valence-corrected chi connectivity index (χ4v) is 4.75. The molecule has 3 aromatic rings. The summed E-state index contributed by atoms with van der Waals surface area (Å²) in [6.07, 6.45) is 0. The van der Waals surface area contributed by atoms with Gasteiger partial charge in [0.1, 0.15) is 22.9 Å². The van der Waals surface area contributed by atoms with E-state index >= 15 is 0 Å². The van der Waals surface area contributed by atoms with Crippen LogP contribution in [-0.4, -0.2) is 69.9 Å². The van der Waals surface area contributed by atoms with Crippen molar-refractivity contribution in [2.24, 2.45) is 0 Å². The number of nitrogens with zero attached hydrogens (tertiary/aromatic N) is 5. The van der Waals surface area contributed by atoms with Crippen LogP contribution in [0.3, 0.4) is 0 Å². The van der Waals surface area contributed by atoms with Gasteiger partial charge in [-0.1, -0.05) is 18.2 Å². The molecule has 4 rings (SSSR count).